The van der Waals surface area contributed by atoms with Crippen LogP contribution in [0.4, 0.5) is 0 Å². The molecule has 0 amide bonds. The molecule has 0 aromatic carbocycles. The lowest BCUT2D eigenvalue weighted by molar-refractivity contribution is -0.158. The Morgan fingerprint density at radius 3 is 1.69 bits per heavy atom. The molecule has 0 bridgehead atoms. The number of esters is 1. The molecule has 1 aliphatic rings. The number of rotatable bonds is 19. The van der Waals surface area contributed by atoms with Crippen molar-refractivity contribution in [3.05, 3.63) is 0 Å². The van der Waals surface area contributed by atoms with Crippen LogP contribution in [-0.4, -0.2) is 23.1 Å². The highest BCUT2D eigenvalue weighted by Crippen LogP contribution is 2.30. The molecule has 1 rings (SSSR count). The molecule has 0 radical (unpaired) electrons. The lowest BCUT2D eigenvalue weighted by atomic mass is 9.82. The number of carboxylic acids is 1. The molecular weight excluding hydrogens is 400 g/mol. The van der Waals surface area contributed by atoms with Gasteiger partial charge in [-0.1, -0.05) is 91.4 Å². The van der Waals surface area contributed by atoms with Crippen LogP contribution in [-0.2, 0) is 14.3 Å². The van der Waals surface area contributed by atoms with E-state index in [1.165, 1.54) is 70.6 Å². The third-order valence-corrected chi connectivity index (χ3v) is 7.13. The number of carbonyl (C=O) groups excluding carboxylic acids is 1. The molecule has 0 aromatic rings. The van der Waals surface area contributed by atoms with Gasteiger partial charge in [-0.15, -0.1) is 0 Å². The number of unbranched alkanes of at least 4 members (excludes halogenated alkanes) is 10. The van der Waals surface area contributed by atoms with E-state index in [4.69, 9.17) is 9.84 Å². The van der Waals surface area contributed by atoms with Crippen molar-refractivity contribution < 1.29 is 19.4 Å². The molecule has 0 heterocycles. The second-order valence-electron chi connectivity index (χ2n) is 10.6. The average molecular weight is 453 g/mol. The normalized spacial score (nSPS) is 19.8. The topological polar surface area (TPSA) is 63.6 Å². The van der Waals surface area contributed by atoms with E-state index in [1.807, 2.05) is 0 Å². The average Bonchev–Trinajstić information content (AvgIpc) is 2.77. The van der Waals surface area contributed by atoms with Crippen molar-refractivity contribution in [3.63, 3.8) is 0 Å². The number of hydrogen-bond donors (Lipinski definition) is 1. The molecule has 0 spiro atoms. The molecular formula is C28H52O4. The van der Waals surface area contributed by atoms with Crippen LogP contribution < -0.4 is 0 Å². The van der Waals surface area contributed by atoms with Gasteiger partial charge in [0.1, 0.15) is 6.10 Å². The van der Waals surface area contributed by atoms with Gasteiger partial charge in [0.05, 0.1) is 11.8 Å². The Kier molecular flexibility index (Phi) is 16.6. The molecule has 4 nitrogen and oxygen atoms in total. The van der Waals surface area contributed by atoms with Crippen LogP contribution in [0.1, 0.15) is 143 Å². The first kappa shape index (κ1) is 29.0. The van der Waals surface area contributed by atoms with Gasteiger partial charge in [-0.25, -0.2) is 0 Å². The monoisotopic (exact) mass is 452 g/mol. The quantitative estimate of drug-likeness (QED) is 0.158. The number of carboxylic acid groups (broad SMARTS) is 1. The van der Waals surface area contributed by atoms with Crippen molar-refractivity contribution in [3.8, 4) is 0 Å². The SMILES string of the molecule is CCCCCCCCCCCCCC(CCCC(C)C)OC(=O)C1CCC(C(=O)O)CC1. The number of carbonyl (C=O) groups is 2. The van der Waals surface area contributed by atoms with Crippen molar-refractivity contribution in [2.24, 2.45) is 17.8 Å². The fraction of sp³-hybridized carbons (Fsp3) is 0.929. The van der Waals surface area contributed by atoms with E-state index >= 15 is 0 Å². The second kappa shape index (κ2) is 18.4. The molecule has 1 unspecified atom stereocenters. The van der Waals surface area contributed by atoms with Crippen molar-refractivity contribution in [1.82, 2.24) is 0 Å². The van der Waals surface area contributed by atoms with E-state index in [-0.39, 0.29) is 23.9 Å². The maximum absolute atomic E-state index is 12.7. The van der Waals surface area contributed by atoms with Crippen molar-refractivity contribution >= 4 is 11.9 Å². The molecule has 1 atom stereocenters. The minimum absolute atomic E-state index is 0.0389. The zero-order valence-electron chi connectivity index (χ0n) is 21.4. The highest BCUT2D eigenvalue weighted by Gasteiger charge is 2.31. The Balaban J connectivity index is 2.25. The smallest absolute Gasteiger partial charge is 0.309 e. The Hall–Kier alpha value is -1.06. The fourth-order valence-electron chi connectivity index (χ4n) is 4.89. The number of hydrogen-bond acceptors (Lipinski definition) is 3. The fourth-order valence-corrected chi connectivity index (χ4v) is 4.89. The third kappa shape index (κ3) is 14.2. The van der Waals surface area contributed by atoms with E-state index < -0.39 is 5.97 Å². The Labute approximate surface area is 198 Å². The number of ether oxygens (including phenoxy) is 1. The van der Waals surface area contributed by atoms with E-state index in [0.717, 1.165) is 25.7 Å². The maximum atomic E-state index is 12.7. The van der Waals surface area contributed by atoms with Crippen LogP contribution in [0, 0.1) is 17.8 Å². The van der Waals surface area contributed by atoms with Gasteiger partial charge in [0.15, 0.2) is 0 Å². The van der Waals surface area contributed by atoms with Crippen molar-refractivity contribution in [2.75, 3.05) is 0 Å². The minimum Gasteiger partial charge on any atom is -0.481 e. The van der Waals surface area contributed by atoms with E-state index in [1.54, 1.807) is 0 Å². The summed E-state index contributed by atoms with van der Waals surface area (Å²) in [4.78, 5) is 23.9. The Morgan fingerprint density at radius 2 is 1.19 bits per heavy atom. The van der Waals surface area contributed by atoms with Crippen LogP contribution in [0.5, 0.6) is 0 Å². The summed E-state index contributed by atoms with van der Waals surface area (Å²) < 4.78 is 5.97. The van der Waals surface area contributed by atoms with E-state index in [0.29, 0.717) is 31.6 Å². The molecule has 1 fully saturated rings. The summed E-state index contributed by atoms with van der Waals surface area (Å²) in [6.45, 7) is 6.75. The van der Waals surface area contributed by atoms with Crippen LogP contribution in [0.25, 0.3) is 0 Å². The summed E-state index contributed by atoms with van der Waals surface area (Å²) in [5.74, 6) is -0.501. The van der Waals surface area contributed by atoms with Crippen LogP contribution >= 0.6 is 0 Å². The molecule has 4 heteroatoms. The first-order valence-corrected chi connectivity index (χ1v) is 13.9. The first-order chi connectivity index (χ1) is 15.4. The van der Waals surface area contributed by atoms with Gasteiger partial charge >= 0.3 is 11.9 Å². The van der Waals surface area contributed by atoms with Gasteiger partial charge in [0.2, 0.25) is 0 Å². The molecule has 188 valence electrons. The Bertz CT molecular complexity index is 480. The van der Waals surface area contributed by atoms with Gasteiger partial charge in [0.25, 0.3) is 0 Å². The van der Waals surface area contributed by atoms with Gasteiger partial charge in [-0.3, -0.25) is 9.59 Å². The van der Waals surface area contributed by atoms with Crippen LogP contribution in [0.3, 0.4) is 0 Å². The first-order valence-electron chi connectivity index (χ1n) is 13.9. The standard InChI is InChI=1S/C28H52O4/c1-4-5-6-7-8-9-10-11-12-13-14-17-26(18-15-16-23(2)3)32-28(31)25-21-19-24(20-22-25)27(29)30/h23-26H,4-22H2,1-3H3,(H,29,30). The highest BCUT2D eigenvalue weighted by molar-refractivity contribution is 5.74. The van der Waals surface area contributed by atoms with Gasteiger partial charge in [-0.05, 0) is 57.3 Å². The second-order valence-corrected chi connectivity index (χ2v) is 10.6. The van der Waals surface area contributed by atoms with E-state index in [9.17, 15) is 9.59 Å². The molecule has 0 aliphatic heterocycles. The molecule has 1 saturated carbocycles. The molecule has 1 N–H and O–H groups in total. The highest BCUT2D eigenvalue weighted by atomic mass is 16.5. The maximum Gasteiger partial charge on any atom is 0.309 e. The third-order valence-electron chi connectivity index (χ3n) is 7.13. The van der Waals surface area contributed by atoms with E-state index in [2.05, 4.69) is 20.8 Å². The summed E-state index contributed by atoms with van der Waals surface area (Å²) in [5, 5.41) is 9.17. The van der Waals surface area contributed by atoms with Crippen molar-refractivity contribution in [1.29, 1.82) is 0 Å². The van der Waals surface area contributed by atoms with Crippen LogP contribution in [0.2, 0.25) is 0 Å². The predicted octanol–water partition coefficient (Wildman–Crippen LogP) is 8.32. The summed E-state index contributed by atoms with van der Waals surface area (Å²) in [5.41, 5.74) is 0. The zero-order chi connectivity index (χ0) is 23.6. The summed E-state index contributed by atoms with van der Waals surface area (Å²) in [7, 11) is 0. The van der Waals surface area contributed by atoms with Gasteiger partial charge in [-0.2, -0.15) is 0 Å². The van der Waals surface area contributed by atoms with Gasteiger partial charge < -0.3 is 9.84 Å². The van der Waals surface area contributed by atoms with Gasteiger partial charge in [0, 0.05) is 0 Å². The molecule has 1 aliphatic carbocycles. The lowest BCUT2D eigenvalue weighted by Gasteiger charge is -2.27. The van der Waals surface area contributed by atoms with Crippen molar-refractivity contribution in [2.45, 2.75) is 149 Å². The summed E-state index contributed by atoms with van der Waals surface area (Å²) >= 11 is 0. The predicted molar refractivity (Wildman–Crippen MR) is 133 cm³/mol. The van der Waals surface area contributed by atoms with Crippen LogP contribution in [0.15, 0.2) is 0 Å². The summed E-state index contributed by atoms with van der Waals surface area (Å²) in [6, 6.07) is 0. The number of aliphatic carboxylic acids is 1. The lowest BCUT2D eigenvalue weighted by Crippen LogP contribution is -2.29. The molecule has 0 aromatic heterocycles. The largest absolute Gasteiger partial charge is 0.481 e. The minimum atomic E-state index is -0.722. The zero-order valence-corrected chi connectivity index (χ0v) is 21.4. The Morgan fingerprint density at radius 1 is 0.719 bits per heavy atom. The molecule has 32 heavy (non-hydrogen) atoms. The summed E-state index contributed by atoms with van der Waals surface area (Å²) in [6.07, 6.45) is 21.4. The molecule has 0 saturated heterocycles.